The molecule has 29 heavy (non-hydrogen) atoms. The molecular formula is C23H37FN3OP. The third-order valence-electron chi connectivity index (χ3n) is 5.41. The van der Waals surface area contributed by atoms with Crippen molar-refractivity contribution in [2.45, 2.75) is 59.3 Å². The lowest BCUT2D eigenvalue weighted by atomic mass is 9.91. The lowest BCUT2D eigenvalue weighted by Crippen LogP contribution is -2.47. The minimum atomic E-state index is -0.138. The van der Waals surface area contributed by atoms with Gasteiger partial charge in [-0.3, -0.25) is 4.79 Å². The number of carbonyl (C=O) groups excluding carboxylic acids is 1. The second-order valence-corrected chi connectivity index (χ2v) is 8.45. The maximum Gasteiger partial charge on any atom is 0.143 e. The average Bonchev–Trinajstić information content (AvgIpc) is 2.72. The maximum absolute atomic E-state index is 13.4. The fourth-order valence-electron chi connectivity index (χ4n) is 3.52. The predicted octanol–water partition coefficient (Wildman–Crippen LogP) is 4.54. The van der Waals surface area contributed by atoms with Gasteiger partial charge in [0.1, 0.15) is 11.6 Å². The number of carbonyl (C=O) groups is 1. The van der Waals surface area contributed by atoms with Crippen LogP contribution in [0.25, 0.3) is 0 Å². The lowest BCUT2D eigenvalue weighted by molar-refractivity contribution is -0.116. The van der Waals surface area contributed by atoms with Gasteiger partial charge >= 0.3 is 0 Å². The highest BCUT2D eigenvalue weighted by molar-refractivity contribution is 7.28. The van der Waals surface area contributed by atoms with E-state index in [-0.39, 0.29) is 18.0 Å². The molecule has 0 amide bonds. The van der Waals surface area contributed by atoms with Crippen molar-refractivity contribution in [1.82, 2.24) is 4.90 Å². The summed E-state index contributed by atoms with van der Waals surface area (Å²) in [6, 6.07) is 7.00. The summed E-state index contributed by atoms with van der Waals surface area (Å²) in [6.07, 6.45) is 7.48. The molecule has 1 aliphatic carbocycles. The molecule has 0 N–H and O–H groups in total. The van der Waals surface area contributed by atoms with Gasteiger partial charge < -0.3 is 9.80 Å². The van der Waals surface area contributed by atoms with Crippen LogP contribution in [0.2, 0.25) is 0 Å². The molecule has 1 aromatic carbocycles. The SMILES string of the molecule is CC(=O)CC#N.CC1CCCCC1.CCN1CCN(c2cccc(F)c2P)CC1. The minimum Gasteiger partial charge on any atom is -0.368 e. The Labute approximate surface area is 178 Å². The molecule has 0 spiro atoms. The van der Waals surface area contributed by atoms with Crippen LogP contribution in [0.5, 0.6) is 0 Å². The fraction of sp³-hybridized carbons (Fsp3) is 0.652. The average molecular weight is 422 g/mol. The van der Waals surface area contributed by atoms with Gasteiger partial charge in [0.05, 0.1) is 12.5 Å². The standard InChI is InChI=1S/C12H18FN2P.C7H14.C4H5NO/c1-2-14-6-8-15(9-7-14)11-5-3-4-10(13)12(11)16;1-7-5-3-2-4-6-7;1-4(6)2-3-5/h3-5H,2,6-9,16H2,1H3;7H,2-6H2,1H3;2H2,1H3. The van der Waals surface area contributed by atoms with E-state index in [1.165, 1.54) is 45.1 Å². The van der Waals surface area contributed by atoms with Crippen LogP contribution >= 0.6 is 9.24 Å². The van der Waals surface area contributed by atoms with Crippen LogP contribution in [-0.2, 0) is 4.79 Å². The van der Waals surface area contributed by atoms with Gasteiger partial charge in [-0.1, -0.05) is 52.0 Å². The number of Topliss-reactive ketones (excluding diaryl/α,β-unsaturated/α-hetero) is 1. The minimum absolute atomic E-state index is 0.0417. The molecule has 1 unspecified atom stereocenters. The molecule has 1 heterocycles. The van der Waals surface area contributed by atoms with Gasteiger partial charge in [-0.15, -0.1) is 9.24 Å². The summed E-state index contributed by atoms with van der Waals surface area (Å²) in [5, 5.41) is 8.45. The van der Waals surface area contributed by atoms with E-state index >= 15 is 0 Å². The lowest BCUT2D eigenvalue weighted by Gasteiger charge is -2.36. The second kappa shape index (κ2) is 14.5. The number of nitriles is 1. The van der Waals surface area contributed by atoms with Gasteiger partial charge in [-0.25, -0.2) is 4.39 Å². The molecule has 1 atom stereocenters. The number of ketones is 1. The van der Waals surface area contributed by atoms with Crippen molar-refractivity contribution in [2.75, 3.05) is 37.6 Å². The Morgan fingerprint density at radius 3 is 2.24 bits per heavy atom. The highest BCUT2D eigenvalue weighted by atomic mass is 31.0. The molecule has 1 aliphatic heterocycles. The molecule has 0 bridgehead atoms. The Hall–Kier alpha value is -1.50. The first-order chi connectivity index (χ1) is 13.9. The molecule has 0 aromatic heterocycles. The van der Waals surface area contributed by atoms with Crippen molar-refractivity contribution < 1.29 is 9.18 Å². The summed E-state index contributed by atoms with van der Waals surface area (Å²) in [4.78, 5) is 14.5. The first-order valence-corrected chi connectivity index (χ1v) is 11.3. The summed E-state index contributed by atoms with van der Waals surface area (Å²) in [6.45, 7) is 11.1. The number of anilines is 1. The van der Waals surface area contributed by atoms with Gasteiger partial charge in [0.15, 0.2) is 0 Å². The van der Waals surface area contributed by atoms with Gasteiger partial charge in [0, 0.05) is 37.2 Å². The Morgan fingerprint density at radius 1 is 1.21 bits per heavy atom. The van der Waals surface area contributed by atoms with Crippen LogP contribution in [0.15, 0.2) is 18.2 Å². The van der Waals surface area contributed by atoms with E-state index in [0.29, 0.717) is 5.30 Å². The van der Waals surface area contributed by atoms with Crippen LogP contribution in [0.1, 0.15) is 59.3 Å². The molecule has 0 radical (unpaired) electrons. The summed E-state index contributed by atoms with van der Waals surface area (Å²) in [5.74, 6) is 0.826. The van der Waals surface area contributed by atoms with Gasteiger partial charge in [0.25, 0.3) is 0 Å². The van der Waals surface area contributed by atoms with Crippen molar-refractivity contribution in [3.63, 3.8) is 0 Å². The fourth-order valence-corrected chi connectivity index (χ4v) is 3.90. The first-order valence-electron chi connectivity index (χ1n) is 10.8. The zero-order valence-corrected chi connectivity index (χ0v) is 19.4. The quantitative estimate of drug-likeness (QED) is 0.672. The Morgan fingerprint density at radius 2 is 1.83 bits per heavy atom. The first kappa shape index (κ1) is 25.5. The summed E-state index contributed by atoms with van der Waals surface area (Å²) >= 11 is 0. The van der Waals surface area contributed by atoms with Crippen LogP contribution in [0.4, 0.5) is 10.1 Å². The summed E-state index contributed by atoms with van der Waals surface area (Å²) in [7, 11) is 2.51. The molecule has 6 heteroatoms. The molecule has 4 nitrogen and oxygen atoms in total. The zero-order chi connectivity index (χ0) is 21.6. The van der Waals surface area contributed by atoms with Gasteiger partial charge in [-0.2, -0.15) is 5.26 Å². The van der Waals surface area contributed by atoms with Gasteiger partial charge in [-0.05, 0) is 31.5 Å². The monoisotopic (exact) mass is 421 g/mol. The van der Waals surface area contributed by atoms with E-state index in [1.54, 1.807) is 12.1 Å². The van der Waals surface area contributed by atoms with E-state index in [9.17, 15) is 9.18 Å². The van der Waals surface area contributed by atoms with Crippen LogP contribution in [-0.4, -0.2) is 43.4 Å². The van der Waals surface area contributed by atoms with E-state index in [4.69, 9.17) is 5.26 Å². The molecule has 1 saturated heterocycles. The summed E-state index contributed by atoms with van der Waals surface area (Å²) in [5.41, 5.74) is 1.01. The Balaban J connectivity index is 0.000000267. The Kier molecular flexibility index (Phi) is 12.7. The van der Waals surface area contributed by atoms with E-state index in [2.05, 4.69) is 32.9 Å². The molecule has 162 valence electrons. The van der Waals surface area contributed by atoms with Crippen molar-refractivity contribution in [3.05, 3.63) is 24.0 Å². The molecule has 2 fully saturated rings. The van der Waals surface area contributed by atoms with Crippen LogP contribution < -0.4 is 10.2 Å². The molecular weight excluding hydrogens is 384 g/mol. The third-order valence-corrected chi connectivity index (χ3v) is 5.98. The number of piperazine rings is 1. The number of halogens is 1. The van der Waals surface area contributed by atoms with E-state index < -0.39 is 0 Å². The number of likely N-dealkylation sites (N-methyl/N-ethyl adjacent to an activating group) is 1. The highest BCUT2D eigenvalue weighted by Crippen LogP contribution is 2.22. The zero-order valence-electron chi connectivity index (χ0n) is 18.3. The second-order valence-electron chi connectivity index (χ2n) is 7.87. The van der Waals surface area contributed by atoms with E-state index in [0.717, 1.165) is 44.3 Å². The predicted molar refractivity (Wildman–Crippen MR) is 123 cm³/mol. The number of nitrogens with zero attached hydrogens (tertiary/aromatic N) is 3. The molecule has 2 aliphatic rings. The largest absolute Gasteiger partial charge is 0.368 e. The normalized spacial score (nSPS) is 17.3. The van der Waals surface area contributed by atoms with Crippen molar-refractivity contribution in [2.24, 2.45) is 5.92 Å². The number of benzene rings is 1. The van der Waals surface area contributed by atoms with Crippen LogP contribution in [0.3, 0.4) is 0 Å². The number of hydrogen-bond donors (Lipinski definition) is 0. The topological polar surface area (TPSA) is 47.3 Å². The third kappa shape index (κ3) is 10.2. The number of rotatable bonds is 3. The Bertz CT molecular complexity index is 648. The van der Waals surface area contributed by atoms with Gasteiger partial charge in [0.2, 0.25) is 0 Å². The van der Waals surface area contributed by atoms with Crippen molar-refractivity contribution in [1.29, 1.82) is 5.26 Å². The smallest absolute Gasteiger partial charge is 0.143 e. The van der Waals surface area contributed by atoms with Crippen molar-refractivity contribution in [3.8, 4) is 6.07 Å². The number of hydrogen-bond acceptors (Lipinski definition) is 4. The van der Waals surface area contributed by atoms with Crippen LogP contribution in [0, 0.1) is 23.1 Å². The highest BCUT2D eigenvalue weighted by Gasteiger charge is 2.18. The summed E-state index contributed by atoms with van der Waals surface area (Å²) < 4.78 is 13.4. The molecule has 1 aromatic rings. The molecule has 3 rings (SSSR count). The van der Waals surface area contributed by atoms with E-state index in [1.807, 2.05) is 6.07 Å². The van der Waals surface area contributed by atoms with Crippen molar-refractivity contribution >= 4 is 26.0 Å². The maximum atomic E-state index is 13.4. The molecule has 1 saturated carbocycles.